The summed E-state index contributed by atoms with van der Waals surface area (Å²) in [6.07, 6.45) is 1.41. The molecule has 1 atom stereocenters. The van der Waals surface area contributed by atoms with E-state index in [9.17, 15) is 14.0 Å². The van der Waals surface area contributed by atoms with Gasteiger partial charge in [-0.05, 0) is 66.6 Å². The fraction of sp³-hybridized carbons (Fsp3) is 0.440. The van der Waals surface area contributed by atoms with Crippen molar-refractivity contribution in [2.75, 3.05) is 23.3 Å². The van der Waals surface area contributed by atoms with Gasteiger partial charge >= 0.3 is 6.03 Å². The number of halogens is 1. The van der Waals surface area contributed by atoms with Crippen molar-refractivity contribution in [1.82, 2.24) is 5.32 Å². The van der Waals surface area contributed by atoms with Crippen molar-refractivity contribution in [3.05, 3.63) is 59.9 Å². The number of carbonyl (C=O) groups excluding carboxylic acids is 2. The predicted molar refractivity (Wildman–Crippen MR) is 125 cm³/mol. The lowest BCUT2D eigenvalue weighted by Gasteiger charge is -2.24. The third-order valence-electron chi connectivity index (χ3n) is 4.81. The summed E-state index contributed by atoms with van der Waals surface area (Å²) >= 11 is 0. The monoisotopic (exact) mass is 427 g/mol. The minimum Gasteiger partial charge on any atom is -0.354 e. The van der Waals surface area contributed by atoms with E-state index >= 15 is 0 Å². The lowest BCUT2D eigenvalue weighted by atomic mass is 9.84. The average Bonchev–Trinajstić information content (AvgIpc) is 2.64. The summed E-state index contributed by atoms with van der Waals surface area (Å²) in [5.41, 5.74) is 2.44. The number of urea groups is 1. The molecule has 0 saturated heterocycles. The van der Waals surface area contributed by atoms with Crippen molar-refractivity contribution < 1.29 is 14.0 Å². The Hall–Kier alpha value is -2.89. The summed E-state index contributed by atoms with van der Waals surface area (Å²) in [5, 5.41) is 5.78. The summed E-state index contributed by atoms with van der Waals surface area (Å²) in [4.78, 5) is 26.7. The van der Waals surface area contributed by atoms with Crippen molar-refractivity contribution in [3.63, 3.8) is 0 Å². The van der Waals surface area contributed by atoms with Gasteiger partial charge < -0.3 is 10.6 Å². The van der Waals surface area contributed by atoms with Gasteiger partial charge in [0.05, 0.1) is 0 Å². The van der Waals surface area contributed by atoms with Gasteiger partial charge in [-0.3, -0.25) is 9.69 Å². The fourth-order valence-electron chi connectivity index (χ4n) is 3.70. The first-order valence-corrected chi connectivity index (χ1v) is 10.7. The molecule has 0 aliphatic heterocycles. The van der Waals surface area contributed by atoms with E-state index in [1.165, 1.54) is 17.0 Å². The zero-order valence-electron chi connectivity index (χ0n) is 19.2. The van der Waals surface area contributed by atoms with Crippen LogP contribution in [-0.4, -0.2) is 25.0 Å². The molecule has 0 aliphatic rings. The van der Waals surface area contributed by atoms with Crippen LogP contribution in [0, 0.1) is 24.1 Å². The van der Waals surface area contributed by atoms with Gasteiger partial charge in [-0.15, -0.1) is 0 Å². The van der Waals surface area contributed by atoms with Crippen molar-refractivity contribution in [3.8, 4) is 0 Å². The molecule has 5 nitrogen and oxygen atoms in total. The van der Waals surface area contributed by atoms with E-state index in [-0.39, 0.29) is 35.6 Å². The van der Waals surface area contributed by atoms with Crippen LogP contribution in [0.3, 0.4) is 0 Å². The van der Waals surface area contributed by atoms with Crippen LogP contribution in [0.2, 0.25) is 0 Å². The van der Waals surface area contributed by atoms with Crippen molar-refractivity contribution in [1.29, 1.82) is 0 Å². The third kappa shape index (κ3) is 8.79. The number of nitrogens with one attached hydrogen (secondary N) is 2. The lowest BCUT2D eigenvalue weighted by Crippen LogP contribution is -2.41. The Bertz CT molecular complexity index is 875. The molecule has 0 heterocycles. The van der Waals surface area contributed by atoms with Crippen LogP contribution in [-0.2, 0) is 4.79 Å². The van der Waals surface area contributed by atoms with Crippen LogP contribution in [0.25, 0.3) is 0 Å². The largest absolute Gasteiger partial charge is 0.354 e. The van der Waals surface area contributed by atoms with E-state index in [0.29, 0.717) is 24.3 Å². The van der Waals surface area contributed by atoms with Gasteiger partial charge in [-0.1, -0.05) is 39.8 Å². The highest BCUT2D eigenvalue weighted by Crippen LogP contribution is 2.25. The smallest absolute Gasteiger partial charge is 0.326 e. The lowest BCUT2D eigenvalue weighted by molar-refractivity contribution is -0.122. The Morgan fingerprint density at radius 3 is 2.39 bits per heavy atom. The number of carbonyl (C=O) groups is 2. The molecule has 2 N–H and O–H groups in total. The summed E-state index contributed by atoms with van der Waals surface area (Å²) < 4.78 is 13.4. The van der Waals surface area contributed by atoms with E-state index in [2.05, 4.69) is 38.3 Å². The molecule has 168 valence electrons. The van der Waals surface area contributed by atoms with E-state index in [4.69, 9.17) is 0 Å². The summed E-state index contributed by atoms with van der Waals surface area (Å²) in [5.74, 6) is -0.128. The van der Waals surface area contributed by atoms with E-state index in [1.807, 2.05) is 31.2 Å². The second-order valence-corrected chi connectivity index (χ2v) is 9.35. The number of nitrogens with zero attached hydrogens (tertiary/aromatic N) is 1. The summed E-state index contributed by atoms with van der Waals surface area (Å²) in [6.45, 7) is 11.1. The number of rotatable bonds is 8. The van der Waals surface area contributed by atoms with Gasteiger partial charge in [0.1, 0.15) is 5.82 Å². The standard InChI is InChI=1S/C25H34FN3O2/c1-18-7-6-8-21(15-18)28-24(31)29(22-11-9-20(26)10-12-22)14-13-27-23(30)16-19(2)17-25(3,4)5/h6-12,15,19H,13-14,16-17H2,1-5H3,(H,27,30)(H,28,31). The second kappa shape index (κ2) is 10.9. The molecule has 0 radical (unpaired) electrons. The van der Waals surface area contributed by atoms with Gasteiger partial charge in [0, 0.05) is 30.9 Å². The van der Waals surface area contributed by atoms with Crippen LogP contribution in [0.4, 0.5) is 20.6 Å². The number of hydrogen-bond acceptors (Lipinski definition) is 2. The van der Waals surface area contributed by atoms with E-state index in [0.717, 1.165) is 12.0 Å². The molecule has 1 unspecified atom stereocenters. The first kappa shape index (κ1) is 24.4. The van der Waals surface area contributed by atoms with Crippen molar-refractivity contribution in [2.45, 2.75) is 47.5 Å². The number of amides is 3. The molecule has 2 aromatic rings. The molecule has 2 aromatic carbocycles. The Morgan fingerprint density at radius 2 is 1.77 bits per heavy atom. The average molecular weight is 428 g/mol. The summed E-state index contributed by atoms with van der Waals surface area (Å²) in [6, 6.07) is 12.9. The van der Waals surface area contributed by atoms with E-state index < -0.39 is 0 Å². The van der Waals surface area contributed by atoms with Crippen LogP contribution in [0.5, 0.6) is 0 Å². The maximum atomic E-state index is 13.4. The first-order valence-electron chi connectivity index (χ1n) is 10.7. The fourth-order valence-corrected chi connectivity index (χ4v) is 3.70. The summed E-state index contributed by atoms with van der Waals surface area (Å²) in [7, 11) is 0. The van der Waals surface area contributed by atoms with Gasteiger partial charge in [0.15, 0.2) is 0 Å². The molecule has 0 aliphatic carbocycles. The molecule has 0 aromatic heterocycles. The molecule has 0 fully saturated rings. The SMILES string of the molecule is Cc1cccc(NC(=O)N(CCNC(=O)CC(C)CC(C)(C)C)c2ccc(F)cc2)c1. The maximum Gasteiger partial charge on any atom is 0.326 e. The highest BCUT2D eigenvalue weighted by Gasteiger charge is 2.19. The number of hydrogen-bond donors (Lipinski definition) is 2. The van der Waals surface area contributed by atoms with Gasteiger partial charge in [-0.25, -0.2) is 9.18 Å². The topological polar surface area (TPSA) is 61.4 Å². The normalized spacial score (nSPS) is 12.2. The molecule has 6 heteroatoms. The van der Waals surface area contributed by atoms with Crippen LogP contribution in [0.15, 0.2) is 48.5 Å². The quantitative estimate of drug-likeness (QED) is 0.563. The highest BCUT2D eigenvalue weighted by atomic mass is 19.1. The van der Waals surface area contributed by atoms with Gasteiger partial charge in [0.25, 0.3) is 0 Å². The van der Waals surface area contributed by atoms with Gasteiger partial charge in [0.2, 0.25) is 5.91 Å². The van der Waals surface area contributed by atoms with Crippen molar-refractivity contribution in [2.24, 2.45) is 11.3 Å². The Balaban J connectivity index is 2.00. The zero-order valence-corrected chi connectivity index (χ0v) is 19.2. The van der Waals surface area contributed by atoms with Crippen LogP contribution < -0.4 is 15.5 Å². The zero-order chi connectivity index (χ0) is 23.0. The number of anilines is 2. The molecule has 31 heavy (non-hydrogen) atoms. The maximum absolute atomic E-state index is 13.4. The molecule has 0 saturated carbocycles. The van der Waals surface area contributed by atoms with Crippen molar-refractivity contribution >= 4 is 23.3 Å². The van der Waals surface area contributed by atoms with Crippen LogP contribution >= 0.6 is 0 Å². The minimum atomic E-state index is -0.371. The minimum absolute atomic E-state index is 0.0325. The molecule has 3 amide bonds. The number of benzene rings is 2. The Kier molecular flexibility index (Phi) is 8.60. The Labute approximate surface area is 185 Å². The second-order valence-electron chi connectivity index (χ2n) is 9.35. The molecular formula is C25H34FN3O2. The first-order chi connectivity index (χ1) is 14.5. The molecule has 0 spiro atoms. The molecule has 2 rings (SSSR count). The third-order valence-corrected chi connectivity index (χ3v) is 4.81. The molecular weight excluding hydrogens is 393 g/mol. The highest BCUT2D eigenvalue weighted by molar-refractivity contribution is 6.01. The molecule has 0 bridgehead atoms. The predicted octanol–water partition coefficient (Wildman–Crippen LogP) is 5.75. The van der Waals surface area contributed by atoms with E-state index in [1.54, 1.807) is 12.1 Å². The van der Waals surface area contributed by atoms with Gasteiger partial charge in [-0.2, -0.15) is 0 Å². The Morgan fingerprint density at radius 1 is 1.10 bits per heavy atom. The van der Waals surface area contributed by atoms with Crippen LogP contribution in [0.1, 0.15) is 46.1 Å². The number of aryl methyl sites for hydroxylation is 1.